The van der Waals surface area contributed by atoms with Crippen LogP contribution in [0.25, 0.3) is 5.57 Å². The van der Waals surface area contributed by atoms with E-state index in [0.717, 1.165) is 44.3 Å². The lowest BCUT2D eigenvalue weighted by Gasteiger charge is -2.37. The second kappa shape index (κ2) is 9.81. The quantitative estimate of drug-likeness (QED) is 0.710. The molecule has 6 nitrogen and oxygen atoms in total. The van der Waals surface area contributed by atoms with Crippen LogP contribution < -0.4 is 4.74 Å². The molecule has 3 rings (SSSR count). The monoisotopic (exact) mass is 436 g/mol. The van der Waals surface area contributed by atoms with E-state index in [2.05, 4.69) is 24.9 Å². The number of aliphatic hydroxyl groups excluding tert-OH is 1. The summed E-state index contributed by atoms with van der Waals surface area (Å²) in [6.07, 6.45) is 6.35. The number of ether oxygens (including phenoxy) is 1. The molecule has 0 aromatic heterocycles. The van der Waals surface area contributed by atoms with E-state index in [-0.39, 0.29) is 23.5 Å². The van der Waals surface area contributed by atoms with Crippen LogP contribution in [0.5, 0.6) is 5.75 Å². The van der Waals surface area contributed by atoms with Crippen molar-refractivity contribution in [2.75, 3.05) is 33.3 Å². The molecule has 0 unspecified atom stereocenters. The van der Waals surface area contributed by atoms with E-state index in [9.17, 15) is 13.5 Å². The molecule has 1 heterocycles. The Morgan fingerprint density at radius 1 is 1.37 bits per heavy atom. The van der Waals surface area contributed by atoms with Crippen molar-refractivity contribution in [1.82, 2.24) is 9.21 Å². The maximum Gasteiger partial charge on any atom is 0.247 e. The van der Waals surface area contributed by atoms with Crippen molar-refractivity contribution in [2.45, 2.75) is 63.5 Å². The third kappa shape index (κ3) is 4.90. The number of hydrogen-bond donors (Lipinski definition) is 1. The lowest BCUT2D eigenvalue weighted by atomic mass is 10.0. The van der Waals surface area contributed by atoms with Gasteiger partial charge in [-0.25, -0.2) is 8.42 Å². The molecule has 3 atom stereocenters. The van der Waals surface area contributed by atoms with E-state index in [1.54, 1.807) is 13.0 Å². The van der Waals surface area contributed by atoms with Crippen LogP contribution in [0.3, 0.4) is 0 Å². The Balaban J connectivity index is 2.06. The van der Waals surface area contributed by atoms with Gasteiger partial charge in [-0.3, -0.25) is 0 Å². The van der Waals surface area contributed by atoms with Gasteiger partial charge >= 0.3 is 0 Å². The average molecular weight is 437 g/mol. The summed E-state index contributed by atoms with van der Waals surface area (Å²) in [5.74, 6) is 0.410. The minimum Gasteiger partial charge on any atom is -0.487 e. The number of likely N-dealkylation sites (N-methyl/N-ethyl adjacent to an activating group) is 1. The van der Waals surface area contributed by atoms with Crippen molar-refractivity contribution in [3.05, 3.63) is 29.8 Å². The maximum absolute atomic E-state index is 13.5. The normalized spacial score (nSPS) is 25.2. The van der Waals surface area contributed by atoms with Gasteiger partial charge in [-0.05, 0) is 69.5 Å². The molecule has 1 aromatic rings. The zero-order valence-electron chi connectivity index (χ0n) is 18.7. The molecule has 1 aliphatic carbocycles. The van der Waals surface area contributed by atoms with Crippen molar-refractivity contribution < 1.29 is 18.3 Å². The van der Waals surface area contributed by atoms with Gasteiger partial charge in [-0.2, -0.15) is 4.31 Å². The molecule has 2 aliphatic rings. The average Bonchev–Trinajstić information content (AvgIpc) is 3.25. The Morgan fingerprint density at radius 2 is 2.13 bits per heavy atom. The van der Waals surface area contributed by atoms with Crippen molar-refractivity contribution in [1.29, 1.82) is 0 Å². The highest BCUT2D eigenvalue weighted by molar-refractivity contribution is 7.89. The Labute approximate surface area is 181 Å². The van der Waals surface area contributed by atoms with Gasteiger partial charge in [-0.1, -0.05) is 26.0 Å². The fraction of sp³-hybridized carbons (Fsp3) is 0.652. The zero-order valence-corrected chi connectivity index (χ0v) is 19.5. The van der Waals surface area contributed by atoms with Gasteiger partial charge in [0.15, 0.2) is 0 Å². The number of benzene rings is 1. The van der Waals surface area contributed by atoms with E-state index in [0.29, 0.717) is 12.3 Å². The van der Waals surface area contributed by atoms with Gasteiger partial charge in [0.25, 0.3) is 0 Å². The number of allylic oxidation sites excluding steroid dienone is 2. The van der Waals surface area contributed by atoms with Crippen molar-refractivity contribution in [2.24, 2.45) is 5.92 Å². The summed E-state index contributed by atoms with van der Waals surface area (Å²) in [7, 11) is -1.70. The first-order chi connectivity index (χ1) is 14.3. The SMILES string of the molecule is CCCN(C)C[C@H]1Oc2cc(C3=CCCC3)ccc2S(=O)(=O)N([C@H](C)CO)C[C@H]1C. The minimum atomic E-state index is -3.77. The summed E-state index contributed by atoms with van der Waals surface area (Å²) in [6.45, 7) is 7.72. The Morgan fingerprint density at radius 3 is 2.77 bits per heavy atom. The third-order valence-electron chi connectivity index (χ3n) is 6.18. The van der Waals surface area contributed by atoms with Gasteiger partial charge in [-0.15, -0.1) is 0 Å². The summed E-state index contributed by atoms with van der Waals surface area (Å²) in [5.41, 5.74) is 2.30. The largest absolute Gasteiger partial charge is 0.487 e. The van der Waals surface area contributed by atoms with Crippen LogP contribution in [0.2, 0.25) is 0 Å². The lowest BCUT2D eigenvalue weighted by Crippen LogP contribution is -2.49. The smallest absolute Gasteiger partial charge is 0.247 e. The van der Waals surface area contributed by atoms with Crippen molar-refractivity contribution in [3.8, 4) is 5.75 Å². The zero-order chi connectivity index (χ0) is 21.9. The predicted octanol–water partition coefficient (Wildman–Crippen LogP) is 3.36. The topological polar surface area (TPSA) is 70.1 Å². The van der Waals surface area contributed by atoms with Crippen molar-refractivity contribution in [3.63, 3.8) is 0 Å². The molecule has 0 fully saturated rings. The van der Waals surface area contributed by atoms with Gasteiger partial charge in [0.05, 0.1) is 6.61 Å². The highest BCUT2D eigenvalue weighted by Crippen LogP contribution is 2.37. The standard InChI is InChI=1S/C23H36N2O4S/c1-5-12-24(4)15-22-17(2)14-25(18(3)16-26)30(27,28)23-11-10-20(13-21(23)29-22)19-8-6-7-9-19/h8,10-11,13,17-18,22,26H,5-7,9,12,14-16H2,1-4H3/t17-,18-,22-/m1/s1. The number of fused-ring (bicyclic) bond motifs is 1. The first-order valence-corrected chi connectivity index (χ1v) is 12.5. The minimum absolute atomic E-state index is 0.0180. The molecular formula is C23H36N2O4S. The molecular weight excluding hydrogens is 400 g/mol. The molecule has 1 aromatic carbocycles. The Kier molecular flexibility index (Phi) is 7.61. The molecule has 0 amide bonds. The van der Waals surface area contributed by atoms with E-state index >= 15 is 0 Å². The highest BCUT2D eigenvalue weighted by atomic mass is 32.2. The fourth-order valence-electron chi connectivity index (χ4n) is 4.36. The van der Waals surface area contributed by atoms with Crippen LogP contribution in [-0.2, 0) is 10.0 Å². The number of rotatable bonds is 7. The molecule has 0 radical (unpaired) electrons. The molecule has 1 aliphatic heterocycles. The van der Waals surface area contributed by atoms with Gasteiger partial charge in [0, 0.05) is 25.0 Å². The van der Waals surface area contributed by atoms with Gasteiger partial charge < -0.3 is 14.7 Å². The Bertz CT molecular complexity index is 868. The second-order valence-electron chi connectivity index (χ2n) is 8.79. The Hall–Kier alpha value is -1.41. The number of nitrogens with zero attached hydrogens (tertiary/aromatic N) is 2. The number of sulfonamides is 1. The van der Waals surface area contributed by atoms with Crippen LogP contribution in [-0.4, -0.2) is 68.2 Å². The maximum atomic E-state index is 13.5. The molecule has 0 spiro atoms. The second-order valence-corrected chi connectivity index (χ2v) is 10.6. The molecule has 7 heteroatoms. The van der Waals surface area contributed by atoms with E-state index < -0.39 is 16.1 Å². The lowest BCUT2D eigenvalue weighted by molar-refractivity contribution is 0.0752. The predicted molar refractivity (Wildman–Crippen MR) is 120 cm³/mol. The highest BCUT2D eigenvalue weighted by Gasteiger charge is 2.38. The molecule has 0 bridgehead atoms. The van der Waals surface area contributed by atoms with E-state index in [1.807, 2.05) is 19.1 Å². The van der Waals surface area contributed by atoms with Crippen LogP contribution >= 0.6 is 0 Å². The summed E-state index contributed by atoms with van der Waals surface area (Å²) in [5, 5.41) is 9.73. The molecule has 30 heavy (non-hydrogen) atoms. The first kappa shape index (κ1) is 23.3. The van der Waals surface area contributed by atoms with Crippen LogP contribution in [0, 0.1) is 5.92 Å². The summed E-state index contributed by atoms with van der Waals surface area (Å²) < 4.78 is 34.9. The summed E-state index contributed by atoms with van der Waals surface area (Å²) in [4.78, 5) is 2.43. The van der Waals surface area contributed by atoms with Crippen LogP contribution in [0.4, 0.5) is 0 Å². The van der Waals surface area contributed by atoms with Gasteiger partial charge in [0.1, 0.15) is 16.7 Å². The fourth-order valence-corrected chi connectivity index (χ4v) is 6.18. The summed E-state index contributed by atoms with van der Waals surface area (Å²) in [6, 6.07) is 4.98. The molecule has 0 saturated heterocycles. The molecule has 0 saturated carbocycles. The first-order valence-electron chi connectivity index (χ1n) is 11.1. The molecule has 168 valence electrons. The van der Waals surface area contributed by atoms with Crippen molar-refractivity contribution >= 4 is 15.6 Å². The number of hydrogen-bond acceptors (Lipinski definition) is 5. The third-order valence-corrected chi connectivity index (χ3v) is 8.20. The number of aliphatic hydroxyl groups is 1. The molecule has 1 N–H and O–H groups in total. The van der Waals surface area contributed by atoms with Gasteiger partial charge in [0.2, 0.25) is 10.0 Å². The van der Waals surface area contributed by atoms with Crippen LogP contribution in [0.15, 0.2) is 29.2 Å². The van der Waals surface area contributed by atoms with Crippen LogP contribution in [0.1, 0.15) is 52.0 Å². The summed E-state index contributed by atoms with van der Waals surface area (Å²) >= 11 is 0. The van der Waals surface area contributed by atoms with E-state index in [1.165, 1.54) is 9.88 Å². The van der Waals surface area contributed by atoms with E-state index in [4.69, 9.17) is 4.74 Å².